The van der Waals surface area contributed by atoms with Crippen molar-refractivity contribution in [2.75, 3.05) is 18.1 Å². The van der Waals surface area contributed by atoms with Crippen molar-refractivity contribution in [3.05, 3.63) is 59.7 Å². The summed E-state index contributed by atoms with van der Waals surface area (Å²) in [6.07, 6.45) is 0.514. The summed E-state index contributed by atoms with van der Waals surface area (Å²) >= 11 is 0. The average Bonchev–Trinajstić information content (AvgIpc) is 2.54. The highest BCUT2D eigenvalue weighted by molar-refractivity contribution is 5.95. The molecule has 120 valence electrons. The number of carbonyl (C=O) groups excluding carboxylic acids is 1. The zero-order valence-corrected chi connectivity index (χ0v) is 13.5. The number of hydrogen-bond donors (Lipinski definition) is 1. The van der Waals surface area contributed by atoms with Gasteiger partial charge in [0.15, 0.2) is 6.61 Å². The lowest BCUT2D eigenvalue weighted by atomic mass is 9.87. The van der Waals surface area contributed by atoms with Gasteiger partial charge in [0.25, 0.3) is 5.91 Å². The van der Waals surface area contributed by atoms with Gasteiger partial charge in [-0.25, -0.2) is 0 Å². The van der Waals surface area contributed by atoms with Gasteiger partial charge in [0.2, 0.25) is 0 Å². The molecule has 1 atom stereocenters. The minimum atomic E-state index is -0.898. The lowest BCUT2D eigenvalue weighted by molar-refractivity contribution is -0.121. The van der Waals surface area contributed by atoms with Crippen LogP contribution in [0.2, 0.25) is 0 Å². The Bertz CT molecular complexity index is 707. The molecule has 1 heterocycles. The number of carbonyl (C=O) groups is 1. The van der Waals surface area contributed by atoms with Crippen LogP contribution in [0.4, 0.5) is 5.69 Å². The third kappa shape index (κ3) is 3.22. The van der Waals surface area contributed by atoms with E-state index < -0.39 is 5.60 Å². The molecular weight excluding hydrogens is 290 g/mol. The monoisotopic (exact) mass is 311 g/mol. The van der Waals surface area contributed by atoms with Gasteiger partial charge in [0, 0.05) is 17.8 Å². The van der Waals surface area contributed by atoms with E-state index in [-0.39, 0.29) is 12.5 Å². The SMILES string of the molecule is Cc1ccc(OCC(=O)N2CCC(C)(O)c3ccccc32)cc1. The first-order chi connectivity index (χ1) is 11.0. The molecule has 4 nitrogen and oxygen atoms in total. The van der Waals surface area contributed by atoms with Crippen molar-refractivity contribution >= 4 is 11.6 Å². The summed E-state index contributed by atoms with van der Waals surface area (Å²) in [5.74, 6) is 0.578. The van der Waals surface area contributed by atoms with Crippen LogP contribution in [0.5, 0.6) is 5.75 Å². The molecule has 0 radical (unpaired) electrons. The fourth-order valence-electron chi connectivity index (χ4n) is 2.87. The number of aryl methyl sites for hydroxylation is 1. The second-order valence-electron chi connectivity index (χ2n) is 6.19. The number of para-hydroxylation sites is 1. The normalized spacial score (nSPS) is 20.0. The van der Waals surface area contributed by atoms with Crippen molar-refractivity contribution in [3.8, 4) is 5.75 Å². The summed E-state index contributed by atoms with van der Waals surface area (Å²) in [7, 11) is 0. The summed E-state index contributed by atoms with van der Waals surface area (Å²) in [5.41, 5.74) is 1.80. The third-order valence-electron chi connectivity index (χ3n) is 4.28. The molecule has 0 aliphatic carbocycles. The average molecular weight is 311 g/mol. The quantitative estimate of drug-likeness (QED) is 0.948. The fourth-order valence-corrected chi connectivity index (χ4v) is 2.87. The Morgan fingerprint density at radius 2 is 1.91 bits per heavy atom. The number of amides is 1. The molecule has 1 amide bonds. The molecule has 1 N–H and O–H groups in total. The van der Waals surface area contributed by atoms with Crippen LogP contribution in [0, 0.1) is 6.92 Å². The predicted octanol–water partition coefficient (Wildman–Crippen LogP) is 3.02. The number of rotatable bonds is 3. The summed E-state index contributed by atoms with van der Waals surface area (Å²) in [4.78, 5) is 14.2. The molecule has 0 saturated heterocycles. The van der Waals surface area contributed by atoms with Crippen LogP contribution in [0.1, 0.15) is 24.5 Å². The van der Waals surface area contributed by atoms with E-state index in [0.717, 1.165) is 16.8 Å². The van der Waals surface area contributed by atoms with Crippen molar-refractivity contribution in [1.29, 1.82) is 0 Å². The first-order valence-electron chi connectivity index (χ1n) is 7.79. The van der Waals surface area contributed by atoms with E-state index in [0.29, 0.717) is 18.7 Å². The van der Waals surface area contributed by atoms with Gasteiger partial charge in [0.1, 0.15) is 5.75 Å². The first-order valence-corrected chi connectivity index (χ1v) is 7.79. The van der Waals surface area contributed by atoms with Gasteiger partial charge in [0.05, 0.1) is 5.60 Å². The van der Waals surface area contributed by atoms with Crippen LogP contribution in [-0.4, -0.2) is 24.2 Å². The zero-order chi connectivity index (χ0) is 16.4. The maximum Gasteiger partial charge on any atom is 0.264 e. The highest BCUT2D eigenvalue weighted by atomic mass is 16.5. The Labute approximate surface area is 136 Å². The topological polar surface area (TPSA) is 49.8 Å². The number of nitrogens with zero attached hydrogens (tertiary/aromatic N) is 1. The van der Waals surface area contributed by atoms with Crippen LogP contribution in [0.3, 0.4) is 0 Å². The van der Waals surface area contributed by atoms with Crippen molar-refractivity contribution < 1.29 is 14.6 Å². The van der Waals surface area contributed by atoms with E-state index >= 15 is 0 Å². The van der Waals surface area contributed by atoms with Crippen LogP contribution in [0.15, 0.2) is 48.5 Å². The standard InChI is InChI=1S/C19H21NO3/c1-14-7-9-15(10-8-14)23-13-18(21)20-12-11-19(2,22)16-5-3-4-6-17(16)20/h3-10,22H,11-13H2,1-2H3. The zero-order valence-electron chi connectivity index (χ0n) is 13.5. The molecule has 0 bridgehead atoms. The second-order valence-corrected chi connectivity index (χ2v) is 6.19. The molecule has 23 heavy (non-hydrogen) atoms. The third-order valence-corrected chi connectivity index (χ3v) is 4.28. The largest absolute Gasteiger partial charge is 0.484 e. The minimum absolute atomic E-state index is 0.0143. The number of hydrogen-bond acceptors (Lipinski definition) is 3. The molecule has 1 unspecified atom stereocenters. The Balaban J connectivity index is 1.74. The Kier molecular flexibility index (Phi) is 4.09. The molecule has 2 aromatic carbocycles. The van der Waals surface area contributed by atoms with Gasteiger partial charge in [-0.15, -0.1) is 0 Å². The summed E-state index contributed by atoms with van der Waals surface area (Å²) < 4.78 is 5.59. The van der Waals surface area contributed by atoms with Crippen molar-refractivity contribution in [3.63, 3.8) is 0 Å². The summed E-state index contributed by atoms with van der Waals surface area (Å²) in [5, 5.41) is 10.5. The highest BCUT2D eigenvalue weighted by Crippen LogP contribution is 2.37. The number of benzene rings is 2. The van der Waals surface area contributed by atoms with E-state index in [1.54, 1.807) is 11.8 Å². The fraction of sp³-hybridized carbons (Fsp3) is 0.316. The molecule has 4 heteroatoms. The number of ether oxygens (including phenoxy) is 1. The Hall–Kier alpha value is -2.33. The van der Waals surface area contributed by atoms with Crippen molar-refractivity contribution in [2.24, 2.45) is 0 Å². The number of aliphatic hydroxyl groups is 1. The smallest absolute Gasteiger partial charge is 0.264 e. The van der Waals surface area contributed by atoms with Crippen LogP contribution in [-0.2, 0) is 10.4 Å². The van der Waals surface area contributed by atoms with E-state index in [1.165, 1.54) is 0 Å². The van der Waals surface area contributed by atoms with Crippen molar-refractivity contribution in [2.45, 2.75) is 25.9 Å². The summed E-state index contributed by atoms with van der Waals surface area (Å²) in [6, 6.07) is 15.1. The van der Waals surface area contributed by atoms with Crippen LogP contribution >= 0.6 is 0 Å². The molecular formula is C19H21NO3. The lowest BCUT2D eigenvalue weighted by Crippen LogP contribution is -2.44. The van der Waals surface area contributed by atoms with Gasteiger partial charge < -0.3 is 14.7 Å². The Morgan fingerprint density at radius 3 is 2.65 bits per heavy atom. The summed E-state index contributed by atoms with van der Waals surface area (Å²) in [6.45, 7) is 4.27. The highest BCUT2D eigenvalue weighted by Gasteiger charge is 2.35. The van der Waals surface area contributed by atoms with Gasteiger partial charge in [-0.2, -0.15) is 0 Å². The van der Waals surface area contributed by atoms with Crippen molar-refractivity contribution in [1.82, 2.24) is 0 Å². The number of anilines is 1. The van der Waals surface area contributed by atoms with E-state index in [2.05, 4.69) is 0 Å². The maximum absolute atomic E-state index is 12.5. The van der Waals surface area contributed by atoms with Gasteiger partial charge in [-0.05, 0) is 38.5 Å². The number of fused-ring (bicyclic) bond motifs is 1. The first kappa shape index (κ1) is 15.6. The molecule has 3 rings (SSSR count). The van der Waals surface area contributed by atoms with Gasteiger partial charge >= 0.3 is 0 Å². The lowest BCUT2D eigenvalue weighted by Gasteiger charge is -2.37. The van der Waals surface area contributed by atoms with Crippen LogP contribution in [0.25, 0.3) is 0 Å². The van der Waals surface area contributed by atoms with Gasteiger partial charge in [-0.1, -0.05) is 35.9 Å². The Morgan fingerprint density at radius 1 is 1.22 bits per heavy atom. The molecule has 0 saturated carbocycles. The molecule has 1 aliphatic rings. The molecule has 0 aromatic heterocycles. The maximum atomic E-state index is 12.5. The molecule has 1 aliphatic heterocycles. The van der Waals surface area contributed by atoms with Gasteiger partial charge in [-0.3, -0.25) is 4.79 Å². The van der Waals surface area contributed by atoms with E-state index in [4.69, 9.17) is 4.74 Å². The molecule has 2 aromatic rings. The second kappa shape index (κ2) is 6.05. The van der Waals surface area contributed by atoms with Crippen LogP contribution < -0.4 is 9.64 Å². The van der Waals surface area contributed by atoms with E-state index in [1.807, 2.05) is 55.5 Å². The minimum Gasteiger partial charge on any atom is -0.484 e. The molecule has 0 fully saturated rings. The molecule has 0 spiro atoms. The predicted molar refractivity (Wildman–Crippen MR) is 89.7 cm³/mol. The van der Waals surface area contributed by atoms with E-state index in [9.17, 15) is 9.90 Å².